The van der Waals surface area contributed by atoms with E-state index in [-0.39, 0.29) is 13.2 Å². The molecule has 0 aliphatic carbocycles. The van der Waals surface area contributed by atoms with Gasteiger partial charge in [0.25, 0.3) is 0 Å². The molecular weight excluding hydrogens is 186 g/mol. The SMILES string of the molecule is C=CC(=O)OCCOC(CC)N=C=O. The van der Waals surface area contributed by atoms with Crippen LogP contribution in [0.2, 0.25) is 0 Å². The highest BCUT2D eigenvalue weighted by Crippen LogP contribution is 1.97. The van der Waals surface area contributed by atoms with Gasteiger partial charge in [-0.1, -0.05) is 13.5 Å². The molecule has 5 heteroatoms. The van der Waals surface area contributed by atoms with E-state index in [1.54, 1.807) is 0 Å². The zero-order valence-corrected chi connectivity index (χ0v) is 8.06. The lowest BCUT2D eigenvalue weighted by molar-refractivity contribution is -0.139. The molecule has 0 aromatic carbocycles. The topological polar surface area (TPSA) is 65.0 Å². The largest absolute Gasteiger partial charge is 0.460 e. The van der Waals surface area contributed by atoms with E-state index >= 15 is 0 Å². The Morgan fingerprint density at radius 2 is 2.36 bits per heavy atom. The number of ether oxygens (including phenoxy) is 2. The second-order valence-electron chi connectivity index (χ2n) is 2.33. The molecule has 0 aromatic rings. The van der Waals surface area contributed by atoms with E-state index in [9.17, 15) is 9.59 Å². The van der Waals surface area contributed by atoms with Crippen molar-refractivity contribution in [3.8, 4) is 0 Å². The van der Waals surface area contributed by atoms with E-state index < -0.39 is 12.2 Å². The summed E-state index contributed by atoms with van der Waals surface area (Å²) in [5.74, 6) is -0.500. The minimum absolute atomic E-state index is 0.121. The van der Waals surface area contributed by atoms with Crippen molar-refractivity contribution in [3.63, 3.8) is 0 Å². The Bertz CT molecular complexity index is 233. The molecule has 0 radical (unpaired) electrons. The fourth-order valence-electron chi connectivity index (χ4n) is 0.691. The molecule has 0 saturated heterocycles. The van der Waals surface area contributed by atoms with Crippen molar-refractivity contribution < 1.29 is 19.1 Å². The highest BCUT2D eigenvalue weighted by atomic mass is 16.6. The van der Waals surface area contributed by atoms with Crippen LogP contribution in [-0.2, 0) is 19.1 Å². The number of carbonyl (C=O) groups excluding carboxylic acids is 2. The van der Waals surface area contributed by atoms with Crippen LogP contribution in [0.1, 0.15) is 13.3 Å². The lowest BCUT2D eigenvalue weighted by Gasteiger charge is -2.08. The van der Waals surface area contributed by atoms with Crippen LogP contribution in [0.4, 0.5) is 0 Å². The fraction of sp³-hybridized carbons (Fsp3) is 0.556. The minimum Gasteiger partial charge on any atom is -0.460 e. The van der Waals surface area contributed by atoms with Gasteiger partial charge in [-0.2, -0.15) is 4.99 Å². The third kappa shape index (κ3) is 6.11. The van der Waals surface area contributed by atoms with Gasteiger partial charge in [0.2, 0.25) is 6.08 Å². The number of isocyanates is 1. The van der Waals surface area contributed by atoms with E-state index in [0.29, 0.717) is 6.42 Å². The van der Waals surface area contributed by atoms with Crippen molar-refractivity contribution in [2.45, 2.75) is 19.6 Å². The van der Waals surface area contributed by atoms with Crippen molar-refractivity contribution in [1.82, 2.24) is 0 Å². The van der Waals surface area contributed by atoms with Crippen molar-refractivity contribution in [3.05, 3.63) is 12.7 Å². The number of nitrogens with zero attached hydrogens (tertiary/aromatic N) is 1. The summed E-state index contributed by atoms with van der Waals surface area (Å²) in [6, 6.07) is 0. The summed E-state index contributed by atoms with van der Waals surface area (Å²) < 4.78 is 9.73. The monoisotopic (exact) mass is 199 g/mol. The van der Waals surface area contributed by atoms with Crippen LogP contribution >= 0.6 is 0 Å². The Hall–Kier alpha value is -1.45. The zero-order chi connectivity index (χ0) is 10.8. The first-order valence-corrected chi connectivity index (χ1v) is 4.22. The maximum Gasteiger partial charge on any atom is 0.330 e. The van der Waals surface area contributed by atoms with Gasteiger partial charge in [0.15, 0.2) is 6.23 Å². The van der Waals surface area contributed by atoms with Gasteiger partial charge < -0.3 is 9.47 Å². The summed E-state index contributed by atoms with van der Waals surface area (Å²) >= 11 is 0. The zero-order valence-electron chi connectivity index (χ0n) is 8.06. The highest BCUT2D eigenvalue weighted by molar-refractivity contribution is 5.81. The maximum atomic E-state index is 10.6. The van der Waals surface area contributed by atoms with Gasteiger partial charge in [-0.25, -0.2) is 9.59 Å². The number of hydrogen-bond acceptors (Lipinski definition) is 5. The van der Waals surface area contributed by atoms with Crippen LogP contribution < -0.4 is 0 Å². The lowest BCUT2D eigenvalue weighted by Crippen LogP contribution is -2.14. The molecule has 0 fully saturated rings. The summed E-state index contributed by atoms with van der Waals surface area (Å²) in [6.07, 6.45) is 2.55. The van der Waals surface area contributed by atoms with Crippen molar-refractivity contribution in [1.29, 1.82) is 0 Å². The predicted molar refractivity (Wildman–Crippen MR) is 49.3 cm³/mol. The summed E-state index contributed by atoms with van der Waals surface area (Å²) in [6.45, 7) is 5.37. The van der Waals surface area contributed by atoms with Crippen molar-refractivity contribution >= 4 is 12.0 Å². The van der Waals surface area contributed by atoms with Crippen LogP contribution in [0.5, 0.6) is 0 Å². The molecule has 0 spiro atoms. The summed E-state index contributed by atoms with van der Waals surface area (Å²) in [4.78, 5) is 23.9. The molecule has 0 aliphatic rings. The first kappa shape index (κ1) is 12.6. The number of hydrogen-bond donors (Lipinski definition) is 0. The molecule has 0 bridgehead atoms. The van der Waals surface area contributed by atoms with E-state index in [4.69, 9.17) is 4.74 Å². The average Bonchev–Trinajstić information content (AvgIpc) is 2.22. The minimum atomic E-state index is -0.505. The molecule has 0 aromatic heterocycles. The number of esters is 1. The first-order valence-electron chi connectivity index (χ1n) is 4.22. The second kappa shape index (κ2) is 8.16. The van der Waals surface area contributed by atoms with Gasteiger partial charge in [0.1, 0.15) is 6.61 Å². The van der Waals surface area contributed by atoms with Crippen molar-refractivity contribution in [2.24, 2.45) is 4.99 Å². The Morgan fingerprint density at radius 3 is 2.86 bits per heavy atom. The molecule has 14 heavy (non-hydrogen) atoms. The molecule has 0 N–H and O–H groups in total. The molecule has 0 heterocycles. The smallest absolute Gasteiger partial charge is 0.330 e. The van der Waals surface area contributed by atoms with Gasteiger partial charge in [-0.3, -0.25) is 0 Å². The summed E-state index contributed by atoms with van der Waals surface area (Å²) in [5, 5.41) is 0. The van der Waals surface area contributed by atoms with Crippen LogP contribution in [0.3, 0.4) is 0 Å². The fourth-order valence-corrected chi connectivity index (χ4v) is 0.691. The quantitative estimate of drug-likeness (QED) is 0.200. The van der Waals surface area contributed by atoms with E-state index in [1.807, 2.05) is 6.92 Å². The highest BCUT2D eigenvalue weighted by Gasteiger charge is 2.03. The van der Waals surface area contributed by atoms with Crippen molar-refractivity contribution in [2.75, 3.05) is 13.2 Å². The van der Waals surface area contributed by atoms with E-state index in [1.165, 1.54) is 6.08 Å². The van der Waals surface area contributed by atoms with Gasteiger partial charge in [-0.15, -0.1) is 0 Å². The number of aliphatic imine (C=N–C) groups is 1. The van der Waals surface area contributed by atoms with E-state index in [2.05, 4.69) is 16.3 Å². The Labute approximate surface area is 82.4 Å². The van der Waals surface area contributed by atoms with Gasteiger partial charge in [-0.05, 0) is 6.42 Å². The normalized spacial score (nSPS) is 11.2. The molecular formula is C9H13NO4. The Morgan fingerprint density at radius 1 is 1.64 bits per heavy atom. The Balaban J connectivity index is 3.56. The maximum absolute atomic E-state index is 10.6. The number of carbonyl (C=O) groups is 1. The van der Waals surface area contributed by atoms with Crippen LogP contribution in [-0.4, -0.2) is 31.5 Å². The Kier molecular flexibility index (Phi) is 7.32. The number of rotatable bonds is 7. The molecule has 0 rings (SSSR count). The lowest BCUT2D eigenvalue weighted by atomic mass is 10.4. The average molecular weight is 199 g/mol. The van der Waals surface area contributed by atoms with Gasteiger partial charge >= 0.3 is 5.97 Å². The molecule has 1 unspecified atom stereocenters. The molecule has 1 atom stereocenters. The molecule has 78 valence electrons. The predicted octanol–water partition coefficient (Wildman–Crippen LogP) is 0.804. The van der Waals surface area contributed by atoms with Crippen LogP contribution in [0.25, 0.3) is 0 Å². The van der Waals surface area contributed by atoms with Gasteiger partial charge in [0, 0.05) is 6.08 Å². The molecule has 0 amide bonds. The molecule has 0 aliphatic heterocycles. The third-order valence-electron chi connectivity index (χ3n) is 1.35. The second-order valence-corrected chi connectivity index (χ2v) is 2.33. The van der Waals surface area contributed by atoms with Crippen LogP contribution in [0.15, 0.2) is 17.6 Å². The molecule has 5 nitrogen and oxygen atoms in total. The third-order valence-corrected chi connectivity index (χ3v) is 1.35. The van der Waals surface area contributed by atoms with Crippen LogP contribution in [0, 0.1) is 0 Å². The summed E-state index contributed by atoms with van der Waals surface area (Å²) in [5.41, 5.74) is 0. The standard InChI is InChI=1S/C9H13NO4/c1-3-8(10-7-11)13-5-6-14-9(12)4-2/h4,8H,2-3,5-6H2,1H3. The van der Waals surface area contributed by atoms with Gasteiger partial charge in [0.05, 0.1) is 6.61 Å². The first-order chi connectivity index (χ1) is 6.74. The summed E-state index contributed by atoms with van der Waals surface area (Å²) in [7, 11) is 0. The van der Waals surface area contributed by atoms with E-state index in [0.717, 1.165) is 6.08 Å². The molecule has 0 saturated carbocycles.